The zero-order valence-corrected chi connectivity index (χ0v) is 10.8. The van der Waals surface area contributed by atoms with Gasteiger partial charge in [0.25, 0.3) is 5.60 Å². The molecule has 19 heavy (non-hydrogen) atoms. The van der Waals surface area contributed by atoms with E-state index in [1.165, 1.54) is 6.92 Å². The summed E-state index contributed by atoms with van der Waals surface area (Å²) in [7, 11) is 0. The zero-order chi connectivity index (χ0) is 15.6. The summed E-state index contributed by atoms with van der Waals surface area (Å²) >= 11 is 0. The predicted molar refractivity (Wildman–Crippen MR) is 56.3 cm³/mol. The quantitative estimate of drug-likeness (QED) is 0.764. The Bertz CT molecular complexity index is 272. The number of aliphatic hydroxyl groups excluding tert-OH is 1. The molecule has 0 saturated heterocycles. The lowest BCUT2D eigenvalue weighted by Gasteiger charge is -2.36. The lowest BCUT2D eigenvalue weighted by molar-refractivity contribution is -0.373. The van der Waals surface area contributed by atoms with Crippen LogP contribution >= 0.6 is 0 Å². The second-order valence-corrected chi connectivity index (χ2v) is 4.87. The van der Waals surface area contributed by atoms with Crippen LogP contribution in [0.15, 0.2) is 0 Å². The Morgan fingerprint density at radius 1 is 0.947 bits per heavy atom. The minimum absolute atomic E-state index is 0.210. The number of aliphatic hydroxyl groups is 2. The van der Waals surface area contributed by atoms with Crippen molar-refractivity contribution in [1.29, 1.82) is 0 Å². The molecule has 0 aliphatic heterocycles. The van der Waals surface area contributed by atoms with Gasteiger partial charge < -0.3 is 10.2 Å². The first kappa shape index (κ1) is 18.5. The van der Waals surface area contributed by atoms with Crippen LogP contribution in [0.3, 0.4) is 0 Å². The second kappa shape index (κ2) is 5.87. The topological polar surface area (TPSA) is 40.5 Å². The summed E-state index contributed by atoms with van der Waals surface area (Å²) in [4.78, 5) is 0. The summed E-state index contributed by atoms with van der Waals surface area (Å²) < 4.78 is 74.8. The van der Waals surface area contributed by atoms with Crippen LogP contribution in [-0.2, 0) is 0 Å². The Labute approximate surface area is 107 Å². The van der Waals surface area contributed by atoms with Crippen molar-refractivity contribution in [1.82, 2.24) is 0 Å². The molecule has 0 aliphatic rings. The minimum atomic E-state index is -5.81. The molecule has 0 saturated carbocycles. The van der Waals surface area contributed by atoms with Crippen molar-refractivity contribution >= 4 is 0 Å². The summed E-state index contributed by atoms with van der Waals surface area (Å²) in [6.07, 6.45) is -14.0. The molecular weight excluding hydrogens is 278 g/mol. The normalized spacial score (nSPS) is 19.1. The largest absolute Gasteiger partial charge is 0.426 e. The Balaban J connectivity index is 5.17. The highest BCUT2D eigenvalue weighted by atomic mass is 19.4. The monoisotopic (exact) mass is 296 g/mol. The molecule has 0 aromatic heterocycles. The fourth-order valence-corrected chi connectivity index (χ4v) is 1.80. The second-order valence-electron chi connectivity index (χ2n) is 4.87. The van der Waals surface area contributed by atoms with E-state index in [0.29, 0.717) is 0 Å². The van der Waals surface area contributed by atoms with Crippen LogP contribution in [0.2, 0.25) is 0 Å². The zero-order valence-electron chi connectivity index (χ0n) is 10.8. The Morgan fingerprint density at radius 2 is 1.32 bits per heavy atom. The van der Waals surface area contributed by atoms with Crippen molar-refractivity contribution in [2.24, 2.45) is 11.8 Å². The van der Waals surface area contributed by atoms with Gasteiger partial charge in [0, 0.05) is 0 Å². The van der Waals surface area contributed by atoms with Gasteiger partial charge in [0.1, 0.15) is 0 Å². The molecular formula is C11H18F6O2. The third-order valence-corrected chi connectivity index (χ3v) is 3.48. The van der Waals surface area contributed by atoms with E-state index in [-0.39, 0.29) is 6.42 Å². The summed E-state index contributed by atoms with van der Waals surface area (Å²) in [5, 5.41) is 18.5. The molecule has 0 rings (SSSR count). The van der Waals surface area contributed by atoms with Crippen LogP contribution < -0.4 is 0 Å². The lowest BCUT2D eigenvalue weighted by atomic mass is 9.80. The first-order valence-corrected chi connectivity index (χ1v) is 5.81. The molecule has 0 aromatic carbocycles. The van der Waals surface area contributed by atoms with Crippen LogP contribution in [0.5, 0.6) is 0 Å². The van der Waals surface area contributed by atoms with Gasteiger partial charge >= 0.3 is 12.4 Å². The molecule has 0 heterocycles. The number of hydrogen-bond donors (Lipinski definition) is 2. The van der Waals surface area contributed by atoms with Gasteiger partial charge in [-0.05, 0) is 24.7 Å². The molecule has 0 radical (unpaired) electrons. The average molecular weight is 296 g/mol. The first-order valence-electron chi connectivity index (χ1n) is 5.81. The Morgan fingerprint density at radius 3 is 1.58 bits per heavy atom. The minimum Gasteiger partial charge on any atom is -0.393 e. The Kier molecular flexibility index (Phi) is 5.71. The highest BCUT2D eigenvalue weighted by Gasteiger charge is 2.70. The van der Waals surface area contributed by atoms with Crippen molar-refractivity contribution in [2.75, 3.05) is 0 Å². The first-order chi connectivity index (χ1) is 8.28. The van der Waals surface area contributed by atoms with E-state index in [4.69, 9.17) is 5.11 Å². The summed E-state index contributed by atoms with van der Waals surface area (Å²) in [5.41, 5.74) is -4.75. The Hall–Kier alpha value is -0.500. The maximum atomic E-state index is 12.5. The lowest BCUT2D eigenvalue weighted by Crippen LogP contribution is -2.58. The van der Waals surface area contributed by atoms with Crippen molar-refractivity contribution < 1.29 is 36.6 Å². The van der Waals surface area contributed by atoms with Crippen molar-refractivity contribution in [2.45, 2.75) is 57.7 Å². The third kappa shape index (κ3) is 3.98. The maximum Gasteiger partial charge on any atom is 0.426 e. The summed E-state index contributed by atoms with van der Waals surface area (Å²) in [6, 6.07) is 0. The fraction of sp³-hybridized carbons (Fsp3) is 1.00. The van der Waals surface area contributed by atoms with E-state index in [2.05, 4.69) is 0 Å². The van der Waals surface area contributed by atoms with Gasteiger partial charge in [0.05, 0.1) is 6.10 Å². The SMILES string of the molecule is CCC(O)C(C)C(C)CC(O)(C(F)(F)F)C(F)(F)F. The van der Waals surface area contributed by atoms with Gasteiger partial charge in [-0.15, -0.1) is 0 Å². The molecule has 2 N–H and O–H groups in total. The van der Waals surface area contributed by atoms with E-state index in [1.807, 2.05) is 0 Å². The van der Waals surface area contributed by atoms with E-state index in [1.54, 1.807) is 6.92 Å². The highest BCUT2D eigenvalue weighted by molar-refractivity contribution is 4.95. The van der Waals surface area contributed by atoms with Crippen LogP contribution in [0.25, 0.3) is 0 Å². The fourth-order valence-electron chi connectivity index (χ4n) is 1.80. The third-order valence-electron chi connectivity index (χ3n) is 3.48. The molecule has 0 spiro atoms. The molecule has 0 bridgehead atoms. The number of alkyl halides is 6. The molecule has 116 valence electrons. The van der Waals surface area contributed by atoms with Crippen LogP contribution in [0, 0.1) is 11.8 Å². The molecule has 0 aromatic rings. The molecule has 0 aliphatic carbocycles. The van der Waals surface area contributed by atoms with Gasteiger partial charge in [-0.25, -0.2) is 0 Å². The summed E-state index contributed by atoms with van der Waals surface area (Å²) in [5.74, 6) is -1.94. The van der Waals surface area contributed by atoms with Gasteiger partial charge in [-0.3, -0.25) is 0 Å². The predicted octanol–water partition coefficient (Wildman–Crippen LogP) is 3.28. The highest BCUT2D eigenvalue weighted by Crippen LogP contribution is 2.47. The van der Waals surface area contributed by atoms with Crippen LogP contribution in [-0.4, -0.2) is 34.3 Å². The molecule has 0 amide bonds. The van der Waals surface area contributed by atoms with E-state index < -0.39 is 42.3 Å². The van der Waals surface area contributed by atoms with Crippen molar-refractivity contribution in [3.63, 3.8) is 0 Å². The number of hydrogen-bond acceptors (Lipinski definition) is 2. The van der Waals surface area contributed by atoms with Gasteiger partial charge in [-0.2, -0.15) is 26.3 Å². The molecule has 0 fully saturated rings. The molecule has 2 nitrogen and oxygen atoms in total. The van der Waals surface area contributed by atoms with Gasteiger partial charge in [-0.1, -0.05) is 20.8 Å². The maximum absolute atomic E-state index is 12.5. The van der Waals surface area contributed by atoms with Gasteiger partial charge in [0.2, 0.25) is 0 Å². The van der Waals surface area contributed by atoms with E-state index in [9.17, 15) is 31.4 Å². The van der Waals surface area contributed by atoms with E-state index >= 15 is 0 Å². The summed E-state index contributed by atoms with van der Waals surface area (Å²) in [6.45, 7) is 4.06. The van der Waals surface area contributed by atoms with E-state index in [0.717, 1.165) is 6.92 Å². The van der Waals surface area contributed by atoms with Crippen LogP contribution in [0.1, 0.15) is 33.6 Å². The van der Waals surface area contributed by atoms with Crippen LogP contribution in [0.4, 0.5) is 26.3 Å². The molecule has 3 atom stereocenters. The van der Waals surface area contributed by atoms with Crippen molar-refractivity contribution in [3.8, 4) is 0 Å². The molecule has 8 heteroatoms. The number of halogens is 6. The number of rotatable bonds is 5. The average Bonchev–Trinajstić information content (AvgIpc) is 2.23. The van der Waals surface area contributed by atoms with Gasteiger partial charge in [0.15, 0.2) is 0 Å². The molecule has 3 unspecified atom stereocenters. The van der Waals surface area contributed by atoms with Crippen molar-refractivity contribution in [3.05, 3.63) is 0 Å². The smallest absolute Gasteiger partial charge is 0.393 e. The standard InChI is InChI=1S/C11H18F6O2/c1-4-8(18)7(3)6(2)5-9(19,10(12,13)14)11(15,16)17/h6-8,18-19H,4-5H2,1-3H3.